The van der Waals surface area contributed by atoms with E-state index in [1.807, 2.05) is 36.4 Å². The molecule has 0 spiro atoms. The summed E-state index contributed by atoms with van der Waals surface area (Å²) in [4.78, 5) is 6.26. The number of hydrogen-bond acceptors (Lipinski definition) is 4. The van der Waals surface area contributed by atoms with Gasteiger partial charge in [0.1, 0.15) is 5.82 Å². The van der Waals surface area contributed by atoms with Gasteiger partial charge in [0, 0.05) is 23.5 Å². The maximum atomic E-state index is 13.7. The van der Waals surface area contributed by atoms with Crippen molar-refractivity contribution in [2.75, 3.05) is 12.8 Å². The van der Waals surface area contributed by atoms with Gasteiger partial charge in [-0.2, -0.15) is 0 Å². The van der Waals surface area contributed by atoms with Crippen LogP contribution < -0.4 is 5.73 Å². The molecule has 2 N–H and O–H groups in total. The van der Waals surface area contributed by atoms with Crippen LogP contribution in [-0.2, 0) is 6.54 Å². The summed E-state index contributed by atoms with van der Waals surface area (Å²) in [6.07, 6.45) is 0. The summed E-state index contributed by atoms with van der Waals surface area (Å²) >= 11 is 1.42. The summed E-state index contributed by atoms with van der Waals surface area (Å²) in [6.45, 7) is 2.64. The predicted octanol–water partition coefficient (Wildman–Crippen LogP) is 3.06. The zero-order chi connectivity index (χ0) is 13.1. The molecule has 1 atom stereocenters. The molecule has 1 heterocycles. The van der Waals surface area contributed by atoms with Crippen LogP contribution in [0, 0.1) is 5.82 Å². The van der Waals surface area contributed by atoms with Gasteiger partial charge in [-0.1, -0.05) is 18.2 Å². The van der Waals surface area contributed by atoms with Gasteiger partial charge in [0.05, 0.1) is 5.69 Å². The van der Waals surface area contributed by atoms with E-state index in [0.29, 0.717) is 17.2 Å². The summed E-state index contributed by atoms with van der Waals surface area (Å²) in [5.74, 6) is -0.172. The molecule has 0 fully saturated rings. The van der Waals surface area contributed by atoms with Crippen LogP contribution >= 0.6 is 11.3 Å². The second-order valence-electron chi connectivity index (χ2n) is 4.29. The molecule has 18 heavy (non-hydrogen) atoms. The maximum absolute atomic E-state index is 13.7. The van der Waals surface area contributed by atoms with Crippen molar-refractivity contribution in [3.8, 4) is 0 Å². The average Bonchev–Trinajstić information content (AvgIpc) is 2.74. The predicted molar refractivity (Wildman–Crippen MR) is 72.8 cm³/mol. The van der Waals surface area contributed by atoms with Crippen LogP contribution in [0.25, 0.3) is 0 Å². The Hall–Kier alpha value is -1.46. The number of nitrogen functional groups attached to an aromatic ring is 1. The number of nitrogens with zero attached hydrogens (tertiary/aromatic N) is 2. The van der Waals surface area contributed by atoms with Gasteiger partial charge in [0.25, 0.3) is 0 Å². The number of halogens is 1. The molecule has 96 valence electrons. The Balaban J connectivity index is 2.09. The molecule has 3 nitrogen and oxygen atoms in total. The van der Waals surface area contributed by atoms with E-state index >= 15 is 0 Å². The topological polar surface area (TPSA) is 42.1 Å². The van der Waals surface area contributed by atoms with Gasteiger partial charge in [-0.3, -0.25) is 4.90 Å². The number of aromatic nitrogens is 1. The maximum Gasteiger partial charge on any atom is 0.180 e. The molecular weight excluding hydrogens is 249 g/mol. The lowest BCUT2D eigenvalue weighted by Gasteiger charge is -2.24. The van der Waals surface area contributed by atoms with Crippen molar-refractivity contribution in [2.24, 2.45) is 0 Å². The zero-order valence-electron chi connectivity index (χ0n) is 10.4. The first kappa shape index (κ1) is 13.0. The Morgan fingerprint density at radius 1 is 1.44 bits per heavy atom. The molecule has 1 aromatic heterocycles. The Bertz CT molecular complexity index is 526. The van der Waals surface area contributed by atoms with Crippen molar-refractivity contribution < 1.29 is 4.39 Å². The molecule has 1 aromatic carbocycles. The molecule has 0 amide bonds. The number of rotatable bonds is 4. The van der Waals surface area contributed by atoms with E-state index in [1.54, 1.807) is 6.07 Å². The third-order valence-electron chi connectivity index (χ3n) is 3.00. The van der Waals surface area contributed by atoms with E-state index < -0.39 is 0 Å². The van der Waals surface area contributed by atoms with Crippen molar-refractivity contribution in [3.05, 3.63) is 46.7 Å². The van der Waals surface area contributed by atoms with Crippen LogP contribution in [0.2, 0.25) is 0 Å². The Labute approximate surface area is 110 Å². The number of hydrogen-bond donors (Lipinski definition) is 1. The second-order valence-corrected chi connectivity index (χ2v) is 5.18. The minimum Gasteiger partial charge on any atom is -0.375 e. The molecule has 2 rings (SSSR count). The number of benzene rings is 1. The number of nitrogens with two attached hydrogens (primary N) is 1. The molecule has 0 bridgehead atoms. The Kier molecular flexibility index (Phi) is 3.93. The molecule has 1 unspecified atom stereocenters. The highest BCUT2D eigenvalue weighted by Crippen LogP contribution is 2.23. The number of thiazole rings is 1. The standard InChI is InChI=1S/C13H16FN3S/c1-9(11-5-3-4-6-12(11)14)17(2)7-10-8-18-13(15)16-10/h3-6,8-9H,7H2,1-2H3,(H2,15,16). The molecule has 0 radical (unpaired) electrons. The van der Waals surface area contributed by atoms with Crippen molar-refractivity contribution >= 4 is 16.5 Å². The molecule has 0 saturated heterocycles. The molecule has 0 saturated carbocycles. The first-order valence-electron chi connectivity index (χ1n) is 5.72. The Morgan fingerprint density at radius 3 is 2.78 bits per heavy atom. The molecule has 2 aromatic rings. The fourth-order valence-corrected chi connectivity index (χ4v) is 2.39. The fraction of sp³-hybridized carbons (Fsp3) is 0.308. The second kappa shape index (κ2) is 5.46. The number of anilines is 1. The van der Waals surface area contributed by atoms with E-state index in [4.69, 9.17) is 5.73 Å². The Morgan fingerprint density at radius 2 is 2.17 bits per heavy atom. The van der Waals surface area contributed by atoms with Gasteiger partial charge in [0.15, 0.2) is 5.13 Å². The fourth-order valence-electron chi connectivity index (χ4n) is 1.84. The van der Waals surface area contributed by atoms with Gasteiger partial charge in [-0.25, -0.2) is 9.37 Å². The van der Waals surface area contributed by atoms with Gasteiger partial charge in [-0.15, -0.1) is 11.3 Å². The first-order valence-corrected chi connectivity index (χ1v) is 6.60. The van der Waals surface area contributed by atoms with Crippen molar-refractivity contribution in [1.29, 1.82) is 0 Å². The quantitative estimate of drug-likeness (QED) is 0.923. The van der Waals surface area contributed by atoms with Crippen LogP contribution in [0.15, 0.2) is 29.6 Å². The highest BCUT2D eigenvalue weighted by atomic mass is 32.1. The summed E-state index contributed by atoms with van der Waals surface area (Å²) in [5, 5.41) is 2.50. The smallest absolute Gasteiger partial charge is 0.180 e. The van der Waals surface area contributed by atoms with Gasteiger partial charge < -0.3 is 5.73 Å². The van der Waals surface area contributed by atoms with E-state index in [0.717, 1.165) is 5.69 Å². The minimum absolute atomic E-state index is 0.00544. The SMILES string of the molecule is CC(c1ccccc1F)N(C)Cc1csc(N)n1. The summed E-state index contributed by atoms with van der Waals surface area (Å²) < 4.78 is 13.7. The average molecular weight is 265 g/mol. The summed E-state index contributed by atoms with van der Waals surface area (Å²) in [6, 6.07) is 6.84. The van der Waals surface area contributed by atoms with Crippen molar-refractivity contribution in [3.63, 3.8) is 0 Å². The highest BCUT2D eigenvalue weighted by molar-refractivity contribution is 7.13. The van der Waals surface area contributed by atoms with Crippen LogP contribution in [0.4, 0.5) is 9.52 Å². The van der Waals surface area contributed by atoms with Crippen LogP contribution in [-0.4, -0.2) is 16.9 Å². The lowest BCUT2D eigenvalue weighted by molar-refractivity contribution is 0.245. The molecule has 0 aliphatic heterocycles. The largest absolute Gasteiger partial charge is 0.375 e. The van der Waals surface area contributed by atoms with Gasteiger partial charge >= 0.3 is 0 Å². The van der Waals surface area contributed by atoms with E-state index in [2.05, 4.69) is 4.98 Å². The monoisotopic (exact) mass is 265 g/mol. The molecule has 0 aliphatic carbocycles. The summed E-state index contributed by atoms with van der Waals surface area (Å²) in [5.41, 5.74) is 7.21. The third-order valence-corrected chi connectivity index (χ3v) is 3.72. The van der Waals surface area contributed by atoms with Crippen molar-refractivity contribution in [1.82, 2.24) is 9.88 Å². The highest BCUT2D eigenvalue weighted by Gasteiger charge is 2.16. The summed E-state index contributed by atoms with van der Waals surface area (Å²) in [7, 11) is 1.95. The van der Waals surface area contributed by atoms with Crippen LogP contribution in [0.3, 0.4) is 0 Å². The first-order chi connectivity index (χ1) is 8.58. The van der Waals surface area contributed by atoms with Crippen LogP contribution in [0.5, 0.6) is 0 Å². The van der Waals surface area contributed by atoms with Gasteiger partial charge in [0.2, 0.25) is 0 Å². The minimum atomic E-state index is -0.172. The van der Waals surface area contributed by atoms with Gasteiger partial charge in [-0.05, 0) is 20.0 Å². The molecule has 5 heteroatoms. The lowest BCUT2D eigenvalue weighted by Crippen LogP contribution is -2.22. The third kappa shape index (κ3) is 2.86. The van der Waals surface area contributed by atoms with E-state index in [9.17, 15) is 4.39 Å². The lowest BCUT2D eigenvalue weighted by atomic mass is 10.1. The van der Waals surface area contributed by atoms with Crippen molar-refractivity contribution in [2.45, 2.75) is 19.5 Å². The van der Waals surface area contributed by atoms with Crippen LogP contribution in [0.1, 0.15) is 24.2 Å². The molecule has 0 aliphatic rings. The van der Waals surface area contributed by atoms with E-state index in [-0.39, 0.29) is 11.9 Å². The molecular formula is C13H16FN3S. The zero-order valence-corrected chi connectivity index (χ0v) is 11.2. The normalized spacial score (nSPS) is 12.9. The van der Waals surface area contributed by atoms with E-state index in [1.165, 1.54) is 17.4 Å².